The van der Waals surface area contributed by atoms with Crippen LogP contribution in [0.5, 0.6) is 0 Å². The van der Waals surface area contributed by atoms with Gasteiger partial charge >= 0.3 is 5.97 Å². The van der Waals surface area contributed by atoms with Gasteiger partial charge in [0, 0.05) is 0 Å². The molecule has 98 valence electrons. The molecule has 0 saturated carbocycles. The summed E-state index contributed by atoms with van der Waals surface area (Å²) in [4.78, 5) is 11.9. The Bertz CT molecular complexity index is 368. The molecular weight excluding hydrogens is 224 g/mol. The third-order valence-electron chi connectivity index (χ3n) is 2.75. The number of benzene rings is 1. The maximum absolute atomic E-state index is 11.9. The Kier molecular flexibility index (Phi) is 6.85. The molecule has 0 radical (unpaired) electrons. The van der Waals surface area contributed by atoms with Crippen LogP contribution in [0.2, 0.25) is 0 Å². The predicted molar refractivity (Wildman–Crippen MR) is 74.5 cm³/mol. The summed E-state index contributed by atoms with van der Waals surface area (Å²) in [6, 6.07) is 9.77. The zero-order chi connectivity index (χ0) is 13.2. The zero-order valence-corrected chi connectivity index (χ0v) is 11.3. The van der Waals surface area contributed by atoms with Crippen LogP contribution in [0.3, 0.4) is 0 Å². The molecule has 0 aromatic heterocycles. The van der Waals surface area contributed by atoms with Crippen molar-refractivity contribution < 1.29 is 9.53 Å². The maximum atomic E-state index is 11.9. The summed E-state index contributed by atoms with van der Waals surface area (Å²) >= 11 is 0. The summed E-state index contributed by atoms with van der Waals surface area (Å²) in [6.07, 6.45) is 7.38. The molecule has 1 aromatic rings. The van der Waals surface area contributed by atoms with Crippen LogP contribution < -0.4 is 0 Å². The number of carbonyl (C=O) groups is 1. The average Bonchev–Trinajstić information content (AvgIpc) is 2.40. The number of ether oxygens (including phenoxy) is 1. The van der Waals surface area contributed by atoms with E-state index in [1.165, 1.54) is 6.42 Å². The van der Waals surface area contributed by atoms with Crippen molar-refractivity contribution in [3.63, 3.8) is 0 Å². The first kappa shape index (κ1) is 14.5. The van der Waals surface area contributed by atoms with E-state index in [1.807, 2.05) is 43.3 Å². The number of esters is 1. The standard InChI is InChI=1S/C16H22O2/c1-3-5-6-10-13-15(16(17)18-4-2)14-11-8-7-9-12-14/h7-13,15H,3-6H2,1-2H3/b13-10-. The minimum Gasteiger partial charge on any atom is -0.465 e. The summed E-state index contributed by atoms with van der Waals surface area (Å²) in [6.45, 7) is 4.42. The van der Waals surface area contributed by atoms with E-state index >= 15 is 0 Å². The molecule has 0 amide bonds. The van der Waals surface area contributed by atoms with Crippen molar-refractivity contribution in [3.8, 4) is 0 Å². The van der Waals surface area contributed by atoms with E-state index in [0.717, 1.165) is 18.4 Å². The van der Waals surface area contributed by atoms with E-state index < -0.39 is 0 Å². The van der Waals surface area contributed by atoms with E-state index in [1.54, 1.807) is 0 Å². The Hall–Kier alpha value is -1.57. The normalized spacial score (nSPS) is 12.6. The first-order valence-electron chi connectivity index (χ1n) is 6.67. The van der Waals surface area contributed by atoms with Gasteiger partial charge in [-0.1, -0.05) is 62.2 Å². The molecule has 0 heterocycles. The van der Waals surface area contributed by atoms with Gasteiger partial charge < -0.3 is 4.74 Å². The Morgan fingerprint density at radius 1 is 1.28 bits per heavy atom. The summed E-state index contributed by atoms with van der Waals surface area (Å²) in [5.74, 6) is -0.445. The van der Waals surface area contributed by atoms with Gasteiger partial charge in [0.25, 0.3) is 0 Å². The minimum atomic E-state index is -0.275. The summed E-state index contributed by atoms with van der Waals surface area (Å²) in [5, 5.41) is 0. The molecule has 0 bridgehead atoms. The van der Waals surface area contributed by atoms with Crippen LogP contribution in [-0.2, 0) is 9.53 Å². The molecule has 1 atom stereocenters. The second-order valence-electron chi connectivity index (χ2n) is 4.21. The van der Waals surface area contributed by atoms with Gasteiger partial charge in [-0.15, -0.1) is 0 Å². The third-order valence-corrected chi connectivity index (χ3v) is 2.75. The second kappa shape index (κ2) is 8.51. The summed E-state index contributed by atoms with van der Waals surface area (Å²) in [7, 11) is 0. The molecule has 1 aromatic carbocycles. The Balaban J connectivity index is 2.75. The monoisotopic (exact) mass is 246 g/mol. The number of hydrogen-bond donors (Lipinski definition) is 0. The van der Waals surface area contributed by atoms with Crippen LogP contribution >= 0.6 is 0 Å². The van der Waals surface area contributed by atoms with Crippen molar-refractivity contribution in [1.29, 1.82) is 0 Å². The van der Waals surface area contributed by atoms with Crippen LogP contribution in [0.15, 0.2) is 42.5 Å². The Morgan fingerprint density at radius 2 is 2.00 bits per heavy atom. The molecule has 0 saturated heterocycles. The summed E-state index contributed by atoms with van der Waals surface area (Å²) in [5.41, 5.74) is 0.990. The molecule has 0 aliphatic heterocycles. The van der Waals surface area contributed by atoms with Gasteiger partial charge in [-0.2, -0.15) is 0 Å². The van der Waals surface area contributed by atoms with E-state index in [9.17, 15) is 4.79 Å². The van der Waals surface area contributed by atoms with Crippen LogP contribution in [-0.4, -0.2) is 12.6 Å². The van der Waals surface area contributed by atoms with Crippen LogP contribution in [0.4, 0.5) is 0 Å². The maximum Gasteiger partial charge on any atom is 0.317 e. The van der Waals surface area contributed by atoms with E-state index in [4.69, 9.17) is 4.74 Å². The van der Waals surface area contributed by atoms with Crippen molar-refractivity contribution >= 4 is 5.97 Å². The Morgan fingerprint density at radius 3 is 2.61 bits per heavy atom. The molecule has 0 aliphatic carbocycles. The average molecular weight is 246 g/mol. The van der Waals surface area contributed by atoms with Crippen molar-refractivity contribution in [2.75, 3.05) is 6.61 Å². The smallest absolute Gasteiger partial charge is 0.317 e. The lowest BCUT2D eigenvalue weighted by molar-refractivity contribution is -0.143. The predicted octanol–water partition coefficient (Wildman–Crippen LogP) is 4.08. The topological polar surface area (TPSA) is 26.3 Å². The van der Waals surface area contributed by atoms with Gasteiger partial charge in [-0.25, -0.2) is 0 Å². The highest BCUT2D eigenvalue weighted by molar-refractivity contribution is 5.80. The number of carbonyl (C=O) groups excluding carboxylic acids is 1. The molecule has 2 nitrogen and oxygen atoms in total. The van der Waals surface area contributed by atoms with Crippen LogP contribution in [0.1, 0.15) is 44.6 Å². The molecule has 0 N–H and O–H groups in total. The fourth-order valence-corrected chi connectivity index (χ4v) is 1.77. The van der Waals surface area contributed by atoms with E-state index in [-0.39, 0.29) is 11.9 Å². The SMILES string of the molecule is CCCC/C=C\C(C(=O)OCC)c1ccccc1. The third kappa shape index (κ3) is 4.74. The summed E-state index contributed by atoms with van der Waals surface area (Å²) < 4.78 is 5.13. The van der Waals surface area contributed by atoms with Crippen LogP contribution in [0.25, 0.3) is 0 Å². The van der Waals surface area contributed by atoms with Gasteiger partial charge in [0.1, 0.15) is 0 Å². The van der Waals surface area contributed by atoms with Gasteiger partial charge in [0.05, 0.1) is 12.5 Å². The molecule has 1 rings (SSSR count). The van der Waals surface area contributed by atoms with Gasteiger partial charge in [-0.3, -0.25) is 4.79 Å². The molecule has 1 unspecified atom stereocenters. The fourth-order valence-electron chi connectivity index (χ4n) is 1.77. The number of rotatable bonds is 7. The highest BCUT2D eigenvalue weighted by Crippen LogP contribution is 2.19. The fraction of sp³-hybridized carbons (Fsp3) is 0.438. The highest BCUT2D eigenvalue weighted by atomic mass is 16.5. The molecule has 0 spiro atoms. The highest BCUT2D eigenvalue weighted by Gasteiger charge is 2.18. The quantitative estimate of drug-likeness (QED) is 0.411. The molecular formula is C16H22O2. The molecule has 2 heteroatoms. The first-order valence-corrected chi connectivity index (χ1v) is 6.67. The molecule has 0 fully saturated rings. The second-order valence-corrected chi connectivity index (χ2v) is 4.21. The first-order chi connectivity index (χ1) is 8.79. The lowest BCUT2D eigenvalue weighted by atomic mass is 9.98. The van der Waals surface area contributed by atoms with Crippen molar-refractivity contribution in [2.45, 2.75) is 39.0 Å². The lowest BCUT2D eigenvalue weighted by Gasteiger charge is -2.12. The van der Waals surface area contributed by atoms with Crippen LogP contribution in [0, 0.1) is 0 Å². The minimum absolute atomic E-state index is 0.170. The number of allylic oxidation sites excluding steroid dienone is 1. The van der Waals surface area contributed by atoms with E-state index in [2.05, 4.69) is 13.0 Å². The zero-order valence-electron chi connectivity index (χ0n) is 11.3. The number of unbranched alkanes of at least 4 members (excludes halogenated alkanes) is 2. The van der Waals surface area contributed by atoms with Crippen molar-refractivity contribution in [1.82, 2.24) is 0 Å². The molecule has 18 heavy (non-hydrogen) atoms. The van der Waals surface area contributed by atoms with Crippen molar-refractivity contribution in [2.24, 2.45) is 0 Å². The Labute approximate surface area is 110 Å². The van der Waals surface area contributed by atoms with Crippen molar-refractivity contribution in [3.05, 3.63) is 48.0 Å². The van der Waals surface area contributed by atoms with Gasteiger partial charge in [-0.05, 0) is 18.9 Å². The van der Waals surface area contributed by atoms with Gasteiger partial charge in [0.2, 0.25) is 0 Å². The van der Waals surface area contributed by atoms with Gasteiger partial charge in [0.15, 0.2) is 0 Å². The lowest BCUT2D eigenvalue weighted by Crippen LogP contribution is -2.14. The largest absolute Gasteiger partial charge is 0.465 e. The number of hydrogen-bond acceptors (Lipinski definition) is 2. The van der Waals surface area contributed by atoms with E-state index in [0.29, 0.717) is 6.61 Å². The molecule has 0 aliphatic rings.